The minimum Gasteiger partial charge on any atom is -0.368 e. The van der Waals surface area contributed by atoms with Gasteiger partial charge in [0, 0.05) is 24.0 Å². The number of nitrogens with zero attached hydrogens (tertiary/aromatic N) is 1. The van der Waals surface area contributed by atoms with Crippen molar-refractivity contribution < 1.29 is 0 Å². The molecule has 0 radical (unpaired) electrons. The number of amidine groups is 1. The van der Waals surface area contributed by atoms with E-state index in [0.717, 1.165) is 18.4 Å². The Labute approximate surface area is 91.4 Å². The van der Waals surface area contributed by atoms with Crippen LogP contribution in [0.2, 0.25) is 0 Å². The maximum atomic E-state index is 7.88. The number of aryl methyl sites for hydroxylation is 1. The van der Waals surface area contributed by atoms with Crippen molar-refractivity contribution in [1.29, 1.82) is 5.41 Å². The second-order valence-electron chi connectivity index (χ2n) is 3.76. The van der Waals surface area contributed by atoms with Crippen LogP contribution >= 0.6 is 0 Å². The molecule has 15 heavy (non-hydrogen) atoms. The summed E-state index contributed by atoms with van der Waals surface area (Å²) in [5.74, 6) is 0.465. The highest BCUT2D eigenvalue weighted by atomic mass is 15.0. The van der Waals surface area contributed by atoms with Crippen LogP contribution in [-0.4, -0.2) is 16.9 Å². The fraction of sp³-hybridized carbons (Fsp3) is 0.500. The minimum absolute atomic E-state index is 0.336. The van der Waals surface area contributed by atoms with E-state index in [1.54, 1.807) is 6.20 Å². The lowest BCUT2D eigenvalue weighted by atomic mass is 10.1. The molecule has 0 aliphatic carbocycles. The molecular formula is C12H19N3. The Hall–Kier alpha value is -1.38. The van der Waals surface area contributed by atoms with Crippen LogP contribution in [0.5, 0.6) is 0 Å². The molecule has 1 unspecified atom stereocenters. The summed E-state index contributed by atoms with van der Waals surface area (Å²) >= 11 is 0. The van der Waals surface area contributed by atoms with E-state index in [9.17, 15) is 0 Å². The quantitative estimate of drug-likeness (QED) is 0.585. The molecule has 0 amide bonds. The van der Waals surface area contributed by atoms with Crippen LogP contribution in [0.3, 0.4) is 0 Å². The zero-order chi connectivity index (χ0) is 11.3. The third-order valence-corrected chi connectivity index (χ3v) is 2.49. The van der Waals surface area contributed by atoms with E-state index in [1.165, 1.54) is 5.56 Å². The van der Waals surface area contributed by atoms with Crippen LogP contribution in [-0.2, 0) is 6.42 Å². The first kappa shape index (κ1) is 11.7. The van der Waals surface area contributed by atoms with Gasteiger partial charge in [-0.3, -0.25) is 10.4 Å². The van der Waals surface area contributed by atoms with Gasteiger partial charge in [0.2, 0.25) is 0 Å². The van der Waals surface area contributed by atoms with Crippen molar-refractivity contribution in [3.8, 4) is 0 Å². The molecule has 0 saturated heterocycles. The Morgan fingerprint density at radius 2 is 2.20 bits per heavy atom. The van der Waals surface area contributed by atoms with Crippen LogP contribution < -0.4 is 5.32 Å². The third-order valence-electron chi connectivity index (χ3n) is 2.49. The summed E-state index contributed by atoms with van der Waals surface area (Å²) in [6, 6.07) is 2.35. The summed E-state index contributed by atoms with van der Waals surface area (Å²) in [7, 11) is 0. The van der Waals surface area contributed by atoms with Gasteiger partial charge in [0.15, 0.2) is 0 Å². The predicted octanol–water partition coefficient (Wildman–Crippen LogP) is 2.36. The molecule has 1 aromatic rings. The van der Waals surface area contributed by atoms with Crippen LogP contribution in [0, 0.1) is 5.41 Å². The van der Waals surface area contributed by atoms with Gasteiger partial charge >= 0.3 is 0 Å². The molecule has 1 aromatic heterocycles. The van der Waals surface area contributed by atoms with Crippen molar-refractivity contribution >= 4 is 5.84 Å². The van der Waals surface area contributed by atoms with Crippen molar-refractivity contribution in [1.82, 2.24) is 10.3 Å². The number of aromatic nitrogens is 1. The number of hydrogen-bond donors (Lipinski definition) is 2. The Kier molecular flexibility index (Phi) is 4.28. The van der Waals surface area contributed by atoms with Crippen LogP contribution in [0.4, 0.5) is 0 Å². The lowest BCUT2D eigenvalue weighted by molar-refractivity contribution is 0.640. The van der Waals surface area contributed by atoms with Crippen molar-refractivity contribution in [2.45, 2.75) is 39.7 Å². The second kappa shape index (κ2) is 5.49. The lowest BCUT2D eigenvalue weighted by Crippen LogP contribution is -2.32. The highest BCUT2D eigenvalue weighted by Gasteiger charge is 2.05. The minimum atomic E-state index is 0.336. The van der Waals surface area contributed by atoms with Gasteiger partial charge in [0.1, 0.15) is 5.84 Å². The predicted molar refractivity (Wildman–Crippen MR) is 63.3 cm³/mol. The molecule has 0 fully saturated rings. The molecule has 0 spiro atoms. The summed E-state index contributed by atoms with van der Waals surface area (Å²) in [4.78, 5) is 4.13. The average molecular weight is 205 g/mol. The van der Waals surface area contributed by atoms with Crippen molar-refractivity contribution in [3.05, 3.63) is 29.6 Å². The molecule has 0 aromatic carbocycles. The van der Waals surface area contributed by atoms with Gasteiger partial charge in [-0.05, 0) is 31.4 Å². The zero-order valence-electron chi connectivity index (χ0n) is 9.67. The maximum absolute atomic E-state index is 7.88. The monoisotopic (exact) mass is 205 g/mol. The molecule has 0 saturated carbocycles. The normalized spacial score (nSPS) is 12.2. The number of rotatable bonds is 4. The van der Waals surface area contributed by atoms with E-state index in [0.29, 0.717) is 11.9 Å². The summed E-state index contributed by atoms with van der Waals surface area (Å²) in [6.45, 7) is 6.27. The Morgan fingerprint density at radius 1 is 1.47 bits per heavy atom. The molecule has 1 rings (SSSR count). The molecule has 1 heterocycles. The van der Waals surface area contributed by atoms with Crippen LogP contribution in [0.15, 0.2) is 18.5 Å². The summed E-state index contributed by atoms with van der Waals surface area (Å²) in [6.07, 6.45) is 5.55. The molecule has 0 aliphatic rings. The van der Waals surface area contributed by atoms with E-state index in [-0.39, 0.29) is 0 Å². The van der Waals surface area contributed by atoms with Crippen molar-refractivity contribution in [2.75, 3.05) is 0 Å². The van der Waals surface area contributed by atoms with E-state index >= 15 is 0 Å². The molecule has 1 atom stereocenters. The van der Waals surface area contributed by atoms with Crippen LogP contribution in [0.1, 0.15) is 38.3 Å². The van der Waals surface area contributed by atoms with Gasteiger partial charge in [-0.15, -0.1) is 0 Å². The van der Waals surface area contributed by atoms with Gasteiger partial charge in [-0.25, -0.2) is 0 Å². The second-order valence-corrected chi connectivity index (χ2v) is 3.76. The summed E-state index contributed by atoms with van der Waals surface area (Å²) < 4.78 is 0. The highest BCUT2D eigenvalue weighted by molar-refractivity contribution is 5.96. The van der Waals surface area contributed by atoms with E-state index in [1.807, 2.05) is 12.3 Å². The Morgan fingerprint density at radius 3 is 2.80 bits per heavy atom. The molecule has 0 bridgehead atoms. The van der Waals surface area contributed by atoms with Gasteiger partial charge < -0.3 is 5.32 Å². The summed E-state index contributed by atoms with van der Waals surface area (Å²) in [5.41, 5.74) is 2.04. The molecule has 0 aliphatic heterocycles. The van der Waals surface area contributed by atoms with Crippen molar-refractivity contribution in [3.63, 3.8) is 0 Å². The molecule has 3 heteroatoms. The number of hydrogen-bond acceptors (Lipinski definition) is 2. The fourth-order valence-corrected chi connectivity index (χ4v) is 1.25. The molecular weight excluding hydrogens is 186 g/mol. The first-order valence-electron chi connectivity index (χ1n) is 5.46. The van der Waals surface area contributed by atoms with Gasteiger partial charge in [-0.1, -0.05) is 13.8 Å². The van der Waals surface area contributed by atoms with Crippen molar-refractivity contribution in [2.24, 2.45) is 0 Å². The molecule has 2 N–H and O–H groups in total. The molecule has 3 nitrogen and oxygen atoms in total. The van der Waals surface area contributed by atoms with Crippen LogP contribution in [0.25, 0.3) is 0 Å². The largest absolute Gasteiger partial charge is 0.368 e. The first-order chi connectivity index (χ1) is 7.17. The highest BCUT2D eigenvalue weighted by Crippen LogP contribution is 2.04. The van der Waals surface area contributed by atoms with Gasteiger partial charge in [0.05, 0.1) is 0 Å². The number of pyridine rings is 1. The standard InChI is InChI=1S/C12H19N3/c1-4-9(3)15-12(13)11-6-10(5-2)7-14-8-11/h6-9H,4-5H2,1-3H3,(H2,13,15). The lowest BCUT2D eigenvalue weighted by Gasteiger charge is -2.13. The third kappa shape index (κ3) is 3.35. The van der Waals surface area contributed by atoms with Gasteiger partial charge in [0.25, 0.3) is 0 Å². The van der Waals surface area contributed by atoms with E-state index < -0.39 is 0 Å². The Bertz CT molecular complexity index is 333. The number of nitrogens with one attached hydrogen (secondary N) is 2. The van der Waals surface area contributed by atoms with E-state index in [4.69, 9.17) is 5.41 Å². The van der Waals surface area contributed by atoms with E-state index in [2.05, 4.69) is 31.1 Å². The maximum Gasteiger partial charge on any atom is 0.127 e. The summed E-state index contributed by atoms with van der Waals surface area (Å²) in [5, 5.41) is 11.0. The Balaban J connectivity index is 2.73. The topological polar surface area (TPSA) is 48.8 Å². The first-order valence-corrected chi connectivity index (χ1v) is 5.46. The zero-order valence-corrected chi connectivity index (χ0v) is 9.67. The average Bonchev–Trinajstić information content (AvgIpc) is 2.28. The fourth-order valence-electron chi connectivity index (χ4n) is 1.25. The van der Waals surface area contributed by atoms with Gasteiger partial charge in [-0.2, -0.15) is 0 Å². The smallest absolute Gasteiger partial charge is 0.127 e. The SMILES string of the molecule is CCc1cncc(C(=N)NC(C)CC)c1. The molecule has 82 valence electrons.